The maximum Gasteiger partial charge on any atom is 0.338 e. The molecule has 0 radical (unpaired) electrons. The summed E-state index contributed by atoms with van der Waals surface area (Å²) in [4.78, 5) is 29.8. The molecule has 174 valence electrons. The molecule has 1 aliphatic rings. The van der Waals surface area contributed by atoms with Crippen LogP contribution in [0.15, 0.2) is 58.4 Å². The van der Waals surface area contributed by atoms with Crippen molar-refractivity contribution in [1.29, 1.82) is 0 Å². The van der Waals surface area contributed by atoms with Crippen LogP contribution in [0.5, 0.6) is 0 Å². The van der Waals surface area contributed by atoms with Crippen LogP contribution in [0.2, 0.25) is 0 Å². The van der Waals surface area contributed by atoms with Crippen LogP contribution in [0.3, 0.4) is 0 Å². The molecule has 0 aliphatic carbocycles. The first-order valence-electron chi connectivity index (χ1n) is 11.1. The highest BCUT2D eigenvalue weighted by molar-refractivity contribution is 8.18. The van der Waals surface area contributed by atoms with E-state index in [2.05, 4.69) is 20.9 Å². The molecule has 2 aromatic carbocycles. The molecule has 1 aliphatic heterocycles. The van der Waals surface area contributed by atoms with Crippen molar-refractivity contribution >= 4 is 40.6 Å². The zero-order chi connectivity index (χ0) is 24.4. The summed E-state index contributed by atoms with van der Waals surface area (Å²) in [6, 6.07) is 15.3. The van der Waals surface area contributed by atoms with Crippen LogP contribution in [0.25, 0.3) is 11.8 Å². The van der Waals surface area contributed by atoms with Gasteiger partial charge in [0.05, 0.1) is 22.8 Å². The third kappa shape index (κ3) is 4.70. The second-order valence-corrected chi connectivity index (χ2v) is 9.16. The molecule has 4 rings (SSSR count). The molecule has 2 heterocycles. The third-order valence-corrected chi connectivity index (χ3v) is 6.75. The molecule has 34 heavy (non-hydrogen) atoms. The van der Waals surface area contributed by atoms with Crippen molar-refractivity contribution in [3.05, 3.63) is 87.1 Å². The van der Waals surface area contributed by atoms with E-state index >= 15 is 0 Å². The Balaban J connectivity index is 1.60. The summed E-state index contributed by atoms with van der Waals surface area (Å²) >= 11 is 1.34. The number of aromatic nitrogens is 1. The molecule has 0 unspecified atom stereocenters. The Labute approximate surface area is 203 Å². The number of thioether (sulfide) groups is 1. The van der Waals surface area contributed by atoms with Crippen molar-refractivity contribution in [1.82, 2.24) is 9.88 Å². The first-order valence-corrected chi connectivity index (χ1v) is 11.9. The van der Waals surface area contributed by atoms with E-state index in [-0.39, 0.29) is 11.9 Å². The van der Waals surface area contributed by atoms with E-state index in [1.54, 1.807) is 19.1 Å². The number of nitrogens with one attached hydrogen (secondary N) is 1. The van der Waals surface area contributed by atoms with E-state index in [0.29, 0.717) is 22.2 Å². The average Bonchev–Trinajstić information content (AvgIpc) is 3.29. The minimum atomic E-state index is -0.331. The molecule has 1 saturated heterocycles. The lowest BCUT2D eigenvalue weighted by Gasteiger charge is -2.10. The van der Waals surface area contributed by atoms with Crippen LogP contribution in [0.1, 0.15) is 45.4 Å². The Morgan fingerprint density at radius 1 is 1.12 bits per heavy atom. The number of amidine groups is 1. The summed E-state index contributed by atoms with van der Waals surface area (Å²) < 4.78 is 7.17. The normalized spacial score (nSPS) is 15.7. The number of rotatable bonds is 5. The molecule has 6 nitrogen and oxygen atoms in total. The minimum absolute atomic E-state index is 0.155. The highest BCUT2D eigenvalue weighted by Gasteiger charge is 2.25. The van der Waals surface area contributed by atoms with Gasteiger partial charge in [-0.1, -0.05) is 12.1 Å². The molecule has 1 aromatic heterocycles. The number of aliphatic imine (C=N–C) groups is 1. The van der Waals surface area contributed by atoms with E-state index in [1.807, 2.05) is 64.1 Å². The highest BCUT2D eigenvalue weighted by Crippen LogP contribution is 2.31. The number of hydrogen-bond donors (Lipinski definition) is 1. The smallest absolute Gasteiger partial charge is 0.338 e. The summed E-state index contributed by atoms with van der Waals surface area (Å²) in [6.07, 6.45) is 1.90. The highest BCUT2D eigenvalue weighted by atomic mass is 32.2. The monoisotopic (exact) mass is 473 g/mol. The van der Waals surface area contributed by atoms with Gasteiger partial charge in [-0.05, 0) is 106 Å². The maximum atomic E-state index is 12.6. The average molecular weight is 474 g/mol. The number of benzene rings is 2. The van der Waals surface area contributed by atoms with E-state index in [1.165, 1.54) is 11.8 Å². The van der Waals surface area contributed by atoms with Crippen LogP contribution in [-0.4, -0.2) is 28.2 Å². The van der Waals surface area contributed by atoms with Gasteiger partial charge in [0, 0.05) is 17.1 Å². The molecule has 7 heteroatoms. The third-order valence-electron chi connectivity index (χ3n) is 5.84. The van der Waals surface area contributed by atoms with Crippen LogP contribution in [0, 0.1) is 27.7 Å². The van der Waals surface area contributed by atoms with E-state index in [9.17, 15) is 9.59 Å². The maximum absolute atomic E-state index is 12.6. The van der Waals surface area contributed by atoms with Crippen LogP contribution in [0.4, 0.5) is 5.69 Å². The summed E-state index contributed by atoms with van der Waals surface area (Å²) in [5, 5.41) is 3.45. The van der Waals surface area contributed by atoms with Crippen molar-refractivity contribution in [3.8, 4) is 5.69 Å². The Morgan fingerprint density at radius 2 is 1.85 bits per heavy atom. The molecule has 1 N–H and O–H groups in total. The number of esters is 1. The van der Waals surface area contributed by atoms with Gasteiger partial charge in [-0.25, -0.2) is 9.79 Å². The Hall–Kier alpha value is -3.58. The molecule has 0 spiro atoms. The Bertz CT molecular complexity index is 1330. The van der Waals surface area contributed by atoms with Gasteiger partial charge in [0.1, 0.15) is 0 Å². The lowest BCUT2D eigenvalue weighted by molar-refractivity contribution is -0.115. The fourth-order valence-electron chi connectivity index (χ4n) is 3.88. The molecule has 1 fully saturated rings. The molecule has 1 amide bonds. The first kappa shape index (κ1) is 23.6. The topological polar surface area (TPSA) is 72.7 Å². The summed E-state index contributed by atoms with van der Waals surface area (Å²) in [6.45, 7) is 10.2. The molecular weight excluding hydrogens is 446 g/mol. The Kier molecular flexibility index (Phi) is 6.75. The SMILES string of the molecule is CCOC(=O)c1ccc(-n2c(C)cc(/C=C3\SC(=Nc4cccc(C)c4C)NC3=O)c2C)cc1. The molecule has 0 bridgehead atoms. The zero-order valence-electron chi connectivity index (χ0n) is 19.9. The van der Waals surface area contributed by atoms with Gasteiger partial charge in [0.2, 0.25) is 0 Å². The van der Waals surface area contributed by atoms with Gasteiger partial charge in [0.25, 0.3) is 5.91 Å². The van der Waals surface area contributed by atoms with Crippen molar-refractivity contribution < 1.29 is 14.3 Å². The molecule has 3 aromatic rings. The first-order chi connectivity index (χ1) is 16.3. The van der Waals surface area contributed by atoms with Crippen molar-refractivity contribution in [2.45, 2.75) is 34.6 Å². The quantitative estimate of drug-likeness (QED) is 0.377. The van der Waals surface area contributed by atoms with E-state index in [0.717, 1.165) is 39.5 Å². The van der Waals surface area contributed by atoms with Crippen LogP contribution >= 0.6 is 11.8 Å². The second kappa shape index (κ2) is 9.73. The van der Waals surface area contributed by atoms with Crippen molar-refractivity contribution in [2.24, 2.45) is 4.99 Å². The van der Waals surface area contributed by atoms with Crippen LogP contribution < -0.4 is 5.32 Å². The standard InChI is InChI=1S/C27H27N3O3S/c1-6-33-26(32)20-10-12-22(13-11-20)30-17(3)14-21(19(30)5)15-24-25(31)29-27(34-24)28-23-9-7-8-16(2)18(23)4/h7-15H,6H2,1-5H3,(H,28,29,31)/b24-15-. The second-order valence-electron chi connectivity index (χ2n) is 8.13. The van der Waals surface area contributed by atoms with Gasteiger partial charge in [0.15, 0.2) is 5.17 Å². The fraction of sp³-hybridized carbons (Fsp3) is 0.222. The van der Waals surface area contributed by atoms with Gasteiger partial charge in [-0.2, -0.15) is 0 Å². The van der Waals surface area contributed by atoms with Gasteiger partial charge >= 0.3 is 5.97 Å². The van der Waals surface area contributed by atoms with Gasteiger partial charge in [-0.15, -0.1) is 0 Å². The van der Waals surface area contributed by atoms with Crippen molar-refractivity contribution in [2.75, 3.05) is 6.61 Å². The predicted molar refractivity (Wildman–Crippen MR) is 138 cm³/mol. The lowest BCUT2D eigenvalue weighted by Crippen LogP contribution is -2.19. The van der Waals surface area contributed by atoms with Crippen LogP contribution in [-0.2, 0) is 9.53 Å². The number of hydrogen-bond acceptors (Lipinski definition) is 5. The number of nitrogens with zero attached hydrogens (tertiary/aromatic N) is 2. The van der Waals surface area contributed by atoms with E-state index in [4.69, 9.17) is 4.74 Å². The van der Waals surface area contributed by atoms with Gasteiger partial charge < -0.3 is 14.6 Å². The number of carbonyl (C=O) groups excluding carboxylic acids is 2. The molecule has 0 atom stereocenters. The van der Waals surface area contributed by atoms with Crippen molar-refractivity contribution in [3.63, 3.8) is 0 Å². The molecular formula is C27H27N3O3S. The minimum Gasteiger partial charge on any atom is -0.462 e. The lowest BCUT2D eigenvalue weighted by atomic mass is 10.1. The summed E-state index contributed by atoms with van der Waals surface area (Å²) in [7, 11) is 0. The molecule has 0 saturated carbocycles. The number of carbonyl (C=O) groups is 2. The van der Waals surface area contributed by atoms with Gasteiger partial charge in [-0.3, -0.25) is 4.79 Å². The number of ether oxygens (including phenoxy) is 1. The fourth-order valence-corrected chi connectivity index (χ4v) is 4.71. The number of amides is 1. The largest absolute Gasteiger partial charge is 0.462 e. The number of aryl methyl sites for hydroxylation is 2. The summed E-state index contributed by atoms with van der Waals surface area (Å²) in [5.74, 6) is -0.485. The van der Waals surface area contributed by atoms with E-state index < -0.39 is 0 Å². The predicted octanol–water partition coefficient (Wildman–Crippen LogP) is 5.78. The Morgan fingerprint density at radius 3 is 2.56 bits per heavy atom. The summed E-state index contributed by atoms with van der Waals surface area (Å²) in [5.41, 5.74) is 7.56. The zero-order valence-corrected chi connectivity index (χ0v) is 20.7.